The smallest absolute Gasteiger partial charge is 0.160 e. The van der Waals surface area contributed by atoms with Gasteiger partial charge in [-0.25, -0.2) is 8.42 Å². The summed E-state index contributed by atoms with van der Waals surface area (Å²) in [5, 5.41) is -0.709. The first-order valence-electron chi connectivity index (χ1n) is 6.41. The highest BCUT2D eigenvalue weighted by atomic mass is 32.2. The van der Waals surface area contributed by atoms with Crippen LogP contribution in [0.2, 0.25) is 0 Å². The zero-order valence-corrected chi connectivity index (χ0v) is 10.9. The van der Waals surface area contributed by atoms with Crippen molar-refractivity contribution in [3.63, 3.8) is 0 Å². The van der Waals surface area contributed by atoms with Crippen LogP contribution in [-0.4, -0.2) is 38.4 Å². The van der Waals surface area contributed by atoms with Crippen molar-refractivity contribution >= 4 is 15.6 Å². The van der Waals surface area contributed by atoms with Crippen LogP contribution in [0, 0.1) is 5.92 Å². The van der Waals surface area contributed by atoms with Crippen LogP contribution in [-0.2, 0) is 19.4 Å². The Morgan fingerprint density at radius 1 is 1.12 bits per heavy atom. The molecule has 0 amide bonds. The Morgan fingerprint density at radius 3 is 2.47 bits per heavy atom. The predicted octanol–water partition coefficient (Wildman–Crippen LogP) is 1.34. The maximum absolute atomic E-state index is 12.1. The summed E-state index contributed by atoms with van der Waals surface area (Å²) in [6, 6.07) is 0. The number of ketones is 1. The molecule has 2 fully saturated rings. The van der Waals surface area contributed by atoms with Gasteiger partial charge in [0.05, 0.1) is 5.75 Å². The van der Waals surface area contributed by atoms with Crippen molar-refractivity contribution in [3.05, 3.63) is 0 Å². The average molecular weight is 260 g/mol. The third kappa shape index (κ3) is 3.28. The standard InChI is InChI=1S/C12H20O4S/c13-11(9-10-4-6-16-7-5-10)12-3-1-2-8-17(12,14)15/h10,12H,1-9H2. The second-order valence-corrected chi connectivity index (χ2v) is 7.38. The van der Waals surface area contributed by atoms with E-state index in [9.17, 15) is 13.2 Å². The predicted molar refractivity (Wildman–Crippen MR) is 64.6 cm³/mol. The van der Waals surface area contributed by atoms with Crippen LogP contribution in [0.4, 0.5) is 0 Å². The van der Waals surface area contributed by atoms with Crippen LogP contribution < -0.4 is 0 Å². The summed E-state index contributed by atoms with van der Waals surface area (Å²) in [6.07, 6.45) is 4.31. The molecule has 5 heteroatoms. The van der Waals surface area contributed by atoms with Crippen molar-refractivity contribution in [1.82, 2.24) is 0 Å². The topological polar surface area (TPSA) is 60.4 Å². The molecule has 0 N–H and O–H groups in total. The summed E-state index contributed by atoms with van der Waals surface area (Å²) < 4.78 is 28.9. The molecular weight excluding hydrogens is 240 g/mol. The van der Waals surface area contributed by atoms with Crippen molar-refractivity contribution in [2.75, 3.05) is 19.0 Å². The number of hydrogen-bond acceptors (Lipinski definition) is 4. The van der Waals surface area contributed by atoms with E-state index < -0.39 is 15.1 Å². The van der Waals surface area contributed by atoms with Crippen LogP contribution in [0.1, 0.15) is 38.5 Å². The fraction of sp³-hybridized carbons (Fsp3) is 0.917. The summed E-state index contributed by atoms with van der Waals surface area (Å²) in [4.78, 5) is 12.1. The first-order chi connectivity index (χ1) is 8.09. The van der Waals surface area contributed by atoms with E-state index in [1.807, 2.05) is 0 Å². The normalized spacial score (nSPS) is 30.0. The molecular formula is C12H20O4S. The molecule has 1 atom stereocenters. The Labute approximate surface area is 103 Å². The molecule has 0 bridgehead atoms. The highest BCUT2D eigenvalue weighted by molar-refractivity contribution is 7.92. The largest absolute Gasteiger partial charge is 0.381 e. The van der Waals surface area contributed by atoms with Crippen LogP contribution in [0.5, 0.6) is 0 Å². The van der Waals surface area contributed by atoms with Gasteiger partial charge in [0.2, 0.25) is 0 Å². The molecule has 2 aliphatic rings. The van der Waals surface area contributed by atoms with Crippen LogP contribution in [0.15, 0.2) is 0 Å². The molecule has 17 heavy (non-hydrogen) atoms. The minimum absolute atomic E-state index is 0.0587. The second kappa shape index (κ2) is 5.48. The molecule has 0 aliphatic carbocycles. The van der Waals surface area contributed by atoms with Crippen molar-refractivity contribution in [3.8, 4) is 0 Å². The Kier molecular flexibility index (Phi) is 4.20. The van der Waals surface area contributed by atoms with Gasteiger partial charge in [-0.3, -0.25) is 4.79 Å². The Morgan fingerprint density at radius 2 is 1.82 bits per heavy atom. The van der Waals surface area contributed by atoms with Crippen molar-refractivity contribution < 1.29 is 17.9 Å². The lowest BCUT2D eigenvalue weighted by atomic mass is 9.92. The molecule has 0 spiro atoms. The van der Waals surface area contributed by atoms with E-state index in [1.165, 1.54) is 0 Å². The van der Waals surface area contributed by atoms with Gasteiger partial charge in [-0.15, -0.1) is 0 Å². The lowest BCUT2D eigenvalue weighted by molar-refractivity contribution is -0.120. The van der Waals surface area contributed by atoms with Crippen LogP contribution >= 0.6 is 0 Å². The second-order valence-electron chi connectivity index (χ2n) is 5.08. The van der Waals surface area contributed by atoms with Gasteiger partial charge >= 0.3 is 0 Å². The monoisotopic (exact) mass is 260 g/mol. The van der Waals surface area contributed by atoms with E-state index in [2.05, 4.69) is 0 Å². The Bertz CT molecular complexity index is 368. The highest BCUT2D eigenvalue weighted by Crippen LogP contribution is 2.25. The molecule has 2 aliphatic heterocycles. The minimum Gasteiger partial charge on any atom is -0.381 e. The van der Waals surface area contributed by atoms with Crippen LogP contribution in [0.3, 0.4) is 0 Å². The molecule has 98 valence electrons. The van der Waals surface area contributed by atoms with E-state index >= 15 is 0 Å². The first-order valence-corrected chi connectivity index (χ1v) is 8.13. The summed E-state index contributed by atoms with van der Waals surface area (Å²) >= 11 is 0. The molecule has 0 radical (unpaired) electrons. The molecule has 0 aromatic carbocycles. The number of ether oxygens (including phenoxy) is 1. The van der Waals surface area contributed by atoms with Gasteiger partial charge in [0.25, 0.3) is 0 Å². The molecule has 0 aromatic rings. The van der Waals surface area contributed by atoms with Crippen molar-refractivity contribution in [2.24, 2.45) is 5.92 Å². The summed E-state index contributed by atoms with van der Waals surface area (Å²) in [5.74, 6) is 0.460. The quantitative estimate of drug-likeness (QED) is 0.768. The van der Waals surface area contributed by atoms with Gasteiger partial charge < -0.3 is 4.74 Å². The third-order valence-corrected chi connectivity index (χ3v) is 5.99. The molecule has 2 heterocycles. The highest BCUT2D eigenvalue weighted by Gasteiger charge is 2.35. The number of carbonyl (C=O) groups excluding carboxylic acids is 1. The number of Topliss-reactive ketones (excluding diaryl/α,β-unsaturated/α-hetero) is 1. The zero-order valence-electron chi connectivity index (χ0n) is 10.1. The minimum atomic E-state index is -3.15. The molecule has 2 rings (SSSR count). The van der Waals surface area contributed by atoms with E-state index in [-0.39, 0.29) is 11.5 Å². The van der Waals surface area contributed by atoms with Crippen molar-refractivity contribution in [2.45, 2.75) is 43.8 Å². The first kappa shape index (κ1) is 13.0. The van der Waals surface area contributed by atoms with Crippen molar-refractivity contribution in [1.29, 1.82) is 0 Å². The number of hydrogen-bond donors (Lipinski definition) is 0. The molecule has 2 saturated heterocycles. The average Bonchev–Trinajstić information content (AvgIpc) is 2.29. The zero-order chi connectivity index (χ0) is 12.3. The molecule has 0 saturated carbocycles. The molecule has 1 unspecified atom stereocenters. The van der Waals surface area contributed by atoms with Gasteiger partial charge in [-0.2, -0.15) is 0 Å². The maximum atomic E-state index is 12.1. The summed E-state index contributed by atoms with van der Waals surface area (Å²) in [7, 11) is -3.15. The third-order valence-electron chi connectivity index (χ3n) is 3.77. The van der Waals surface area contributed by atoms with E-state index in [4.69, 9.17) is 4.74 Å². The van der Waals surface area contributed by atoms with Gasteiger partial charge in [0.1, 0.15) is 5.25 Å². The number of sulfone groups is 1. The molecule has 4 nitrogen and oxygen atoms in total. The van der Waals surface area contributed by atoms with E-state index in [0.29, 0.717) is 38.4 Å². The Balaban J connectivity index is 1.94. The molecule has 0 aromatic heterocycles. The van der Waals surface area contributed by atoms with Gasteiger partial charge in [-0.1, -0.05) is 6.42 Å². The maximum Gasteiger partial charge on any atom is 0.160 e. The van der Waals surface area contributed by atoms with Crippen LogP contribution in [0.25, 0.3) is 0 Å². The number of rotatable bonds is 3. The lowest BCUT2D eigenvalue weighted by Gasteiger charge is -2.25. The fourth-order valence-electron chi connectivity index (χ4n) is 2.68. The Hall–Kier alpha value is -0.420. The fourth-order valence-corrected chi connectivity index (χ4v) is 4.60. The van der Waals surface area contributed by atoms with Gasteiger partial charge in [-0.05, 0) is 31.6 Å². The summed E-state index contributed by atoms with van der Waals surface area (Å²) in [5.41, 5.74) is 0. The van der Waals surface area contributed by atoms with E-state index in [0.717, 1.165) is 19.3 Å². The van der Waals surface area contributed by atoms with Gasteiger partial charge in [0, 0.05) is 19.6 Å². The van der Waals surface area contributed by atoms with E-state index in [1.54, 1.807) is 0 Å². The SMILES string of the molecule is O=C(CC1CCOCC1)C1CCCCS1(=O)=O. The number of carbonyl (C=O) groups is 1. The lowest BCUT2D eigenvalue weighted by Crippen LogP contribution is -2.36. The van der Waals surface area contributed by atoms with Gasteiger partial charge in [0.15, 0.2) is 15.6 Å². The summed E-state index contributed by atoms with van der Waals surface area (Å²) in [6.45, 7) is 1.41.